The number of hydrogen-bond acceptors (Lipinski definition) is 5. The number of nitrogens with zero attached hydrogens (tertiary/aromatic N) is 2. The van der Waals surface area contributed by atoms with Gasteiger partial charge in [0.15, 0.2) is 4.34 Å². The molecular formula is C16H21N3OS2. The van der Waals surface area contributed by atoms with Crippen LogP contribution in [0.5, 0.6) is 0 Å². The maximum atomic E-state index is 11.9. The molecule has 0 saturated heterocycles. The molecule has 2 rings (SSSR count). The Kier molecular flexibility index (Phi) is 5.58. The lowest BCUT2D eigenvalue weighted by atomic mass is 9.92. The summed E-state index contributed by atoms with van der Waals surface area (Å²) in [5.41, 5.74) is 2.54. The molecule has 0 saturated carbocycles. The van der Waals surface area contributed by atoms with Gasteiger partial charge in [0, 0.05) is 12.2 Å². The van der Waals surface area contributed by atoms with Crippen molar-refractivity contribution in [2.45, 2.75) is 44.2 Å². The summed E-state index contributed by atoms with van der Waals surface area (Å²) >= 11 is 3.06. The number of hydrogen-bond donors (Lipinski definition) is 1. The molecular weight excluding hydrogens is 314 g/mol. The fourth-order valence-corrected chi connectivity index (χ4v) is 3.72. The third-order valence-electron chi connectivity index (χ3n) is 2.96. The lowest BCUT2D eigenvalue weighted by molar-refractivity contribution is -0.117. The Morgan fingerprint density at radius 2 is 2.00 bits per heavy atom. The summed E-state index contributed by atoms with van der Waals surface area (Å²) in [6.07, 6.45) is 0.471. The number of nitrogens with one attached hydrogen (secondary N) is 1. The van der Waals surface area contributed by atoms with E-state index in [0.717, 1.165) is 10.1 Å². The van der Waals surface area contributed by atoms with Gasteiger partial charge in [0.2, 0.25) is 11.0 Å². The largest absolute Gasteiger partial charge is 0.300 e. The van der Waals surface area contributed by atoms with Crippen molar-refractivity contribution in [1.82, 2.24) is 10.2 Å². The Bertz CT molecular complexity index is 647. The summed E-state index contributed by atoms with van der Waals surface area (Å²) in [6, 6.07) is 8.31. The van der Waals surface area contributed by atoms with Crippen LogP contribution in [0.2, 0.25) is 0 Å². The zero-order valence-electron chi connectivity index (χ0n) is 13.3. The van der Waals surface area contributed by atoms with E-state index in [1.54, 1.807) is 11.8 Å². The van der Waals surface area contributed by atoms with Crippen molar-refractivity contribution in [1.29, 1.82) is 0 Å². The minimum atomic E-state index is -0.0306. The third-order valence-corrected chi connectivity index (χ3v) is 4.98. The van der Waals surface area contributed by atoms with Crippen molar-refractivity contribution in [2.24, 2.45) is 5.41 Å². The van der Waals surface area contributed by atoms with Crippen LogP contribution in [0.4, 0.5) is 5.13 Å². The molecule has 1 N–H and O–H groups in total. The first kappa shape index (κ1) is 17.0. The highest BCUT2D eigenvalue weighted by atomic mass is 32.2. The van der Waals surface area contributed by atoms with Crippen LogP contribution < -0.4 is 5.32 Å². The van der Waals surface area contributed by atoms with Gasteiger partial charge in [0.05, 0.1) is 0 Å². The van der Waals surface area contributed by atoms with E-state index in [2.05, 4.69) is 34.6 Å². The smallest absolute Gasteiger partial charge is 0.226 e. The minimum Gasteiger partial charge on any atom is -0.300 e. The van der Waals surface area contributed by atoms with Crippen molar-refractivity contribution in [3.63, 3.8) is 0 Å². The molecule has 2 aromatic rings. The van der Waals surface area contributed by atoms with Crippen LogP contribution in [0.3, 0.4) is 0 Å². The summed E-state index contributed by atoms with van der Waals surface area (Å²) < 4.78 is 0.870. The highest BCUT2D eigenvalue weighted by Crippen LogP contribution is 2.29. The Labute approximate surface area is 139 Å². The number of thioether (sulfide) groups is 1. The Morgan fingerprint density at radius 3 is 2.68 bits per heavy atom. The van der Waals surface area contributed by atoms with Gasteiger partial charge in [-0.1, -0.05) is 68.1 Å². The Morgan fingerprint density at radius 1 is 1.27 bits per heavy atom. The summed E-state index contributed by atoms with van der Waals surface area (Å²) in [6.45, 7) is 8.22. The van der Waals surface area contributed by atoms with E-state index in [4.69, 9.17) is 0 Å². The second-order valence-electron chi connectivity index (χ2n) is 6.37. The van der Waals surface area contributed by atoms with Crippen molar-refractivity contribution in [2.75, 3.05) is 5.32 Å². The zero-order valence-corrected chi connectivity index (χ0v) is 15.0. The second-order valence-corrected chi connectivity index (χ2v) is 8.57. The van der Waals surface area contributed by atoms with Crippen LogP contribution >= 0.6 is 23.1 Å². The molecule has 1 aromatic heterocycles. The van der Waals surface area contributed by atoms with Gasteiger partial charge in [-0.05, 0) is 23.5 Å². The van der Waals surface area contributed by atoms with E-state index in [-0.39, 0.29) is 11.3 Å². The minimum absolute atomic E-state index is 0.0147. The predicted octanol–water partition coefficient (Wildman–Crippen LogP) is 4.51. The summed E-state index contributed by atoms with van der Waals surface area (Å²) in [7, 11) is 0. The van der Waals surface area contributed by atoms with Gasteiger partial charge in [-0.3, -0.25) is 4.79 Å². The van der Waals surface area contributed by atoms with Crippen LogP contribution in [-0.4, -0.2) is 16.1 Å². The quantitative estimate of drug-likeness (QED) is 0.645. The van der Waals surface area contributed by atoms with Crippen molar-refractivity contribution >= 4 is 34.1 Å². The third kappa shape index (κ3) is 5.42. The zero-order chi connectivity index (χ0) is 16.2. The molecule has 0 aliphatic carbocycles. The van der Waals surface area contributed by atoms with E-state index >= 15 is 0 Å². The van der Waals surface area contributed by atoms with Crippen LogP contribution in [0.15, 0.2) is 28.6 Å². The number of aromatic nitrogens is 2. The molecule has 0 radical (unpaired) electrons. The van der Waals surface area contributed by atoms with Gasteiger partial charge in [0.25, 0.3) is 0 Å². The van der Waals surface area contributed by atoms with Gasteiger partial charge in [-0.2, -0.15) is 0 Å². The van der Waals surface area contributed by atoms with E-state index in [0.29, 0.717) is 11.6 Å². The first-order chi connectivity index (χ1) is 10.3. The molecule has 22 heavy (non-hydrogen) atoms. The first-order valence-electron chi connectivity index (χ1n) is 7.14. The molecule has 6 heteroatoms. The second kappa shape index (κ2) is 7.24. The normalized spacial score (nSPS) is 11.5. The molecule has 0 bridgehead atoms. The van der Waals surface area contributed by atoms with E-state index < -0.39 is 0 Å². The molecule has 4 nitrogen and oxygen atoms in total. The Balaban J connectivity index is 1.89. The molecule has 0 fully saturated rings. The van der Waals surface area contributed by atoms with Crippen molar-refractivity contribution in [3.05, 3.63) is 35.4 Å². The van der Waals surface area contributed by atoms with Gasteiger partial charge in [-0.15, -0.1) is 10.2 Å². The van der Waals surface area contributed by atoms with Gasteiger partial charge in [0.1, 0.15) is 0 Å². The molecule has 0 unspecified atom stereocenters. The predicted molar refractivity (Wildman–Crippen MR) is 93.4 cm³/mol. The van der Waals surface area contributed by atoms with Crippen LogP contribution in [-0.2, 0) is 10.5 Å². The van der Waals surface area contributed by atoms with Crippen molar-refractivity contribution in [3.8, 4) is 0 Å². The van der Waals surface area contributed by atoms with Crippen LogP contribution in [0, 0.1) is 12.3 Å². The lowest BCUT2D eigenvalue weighted by Gasteiger charge is -2.16. The average molecular weight is 335 g/mol. The summed E-state index contributed by atoms with van der Waals surface area (Å²) in [5, 5.41) is 11.6. The number of carbonyl (C=O) groups is 1. The number of aryl methyl sites for hydroxylation is 1. The molecule has 1 aromatic carbocycles. The van der Waals surface area contributed by atoms with Gasteiger partial charge in [-0.25, -0.2) is 0 Å². The molecule has 0 aliphatic rings. The number of carbonyl (C=O) groups excluding carboxylic acids is 1. The summed E-state index contributed by atoms with van der Waals surface area (Å²) in [5.74, 6) is 0.844. The molecule has 0 aliphatic heterocycles. The average Bonchev–Trinajstić information content (AvgIpc) is 2.83. The molecule has 0 spiro atoms. The fourth-order valence-electron chi connectivity index (χ4n) is 1.88. The number of anilines is 1. The number of amides is 1. The maximum absolute atomic E-state index is 11.9. The number of rotatable bonds is 5. The summed E-state index contributed by atoms with van der Waals surface area (Å²) in [4.78, 5) is 11.9. The first-order valence-corrected chi connectivity index (χ1v) is 8.94. The van der Waals surface area contributed by atoms with Crippen LogP contribution in [0.1, 0.15) is 38.3 Å². The highest BCUT2D eigenvalue weighted by Gasteiger charge is 2.17. The van der Waals surface area contributed by atoms with E-state index in [1.807, 2.05) is 32.9 Å². The monoisotopic (exact) mass is 335 g/mol. The Hall–Kier alpha value is -1.40. The van der Waals surface area contributed by atoms with Crippen LogP contribution in [0.25, 0.3) is 0 Å². The van der Waals surface area contributed by atoms with Gasteiger partial charge < -0.3 is 5.32 Å². The SMILES string of the molecule is Cc1ccccc1CSc1nnc(NC(=O)CC(C)(C)C)s1. The fraction of sp³-hybridized carbons (Fsp3) is 0.438. The molecule has 0 atom stereocenters. The lowest BCUT2D eigenvalue weighted by Crippen LogP contribution is -2.19. The number of benzene rings is 1. The standard InChI is InChI=1S/C16H21N3OS2/c1-11-7-5-6-8-12(11)10-21-15-19-18-14(22-15)17-13(20)9-16(2,3)4/h5-8H,9-10H2,1-4H3,(H,17,18,20). The molecule has 118 valence electrons. The van der Waals surface area contributed by atoms with E-state index in [1.165, 1.54) is 22.5 Å². The molecule has 1 amide bonds. The van der Waals surface area contributed by atoms with Crippen molar-refractivity contribution < 1.29 is 4.79 Å². The topological polar surface area (TPSA) is 54.9 Å². The van der Waals surface area contributed by atoms with E-state index in [9.17, 15) is 4.79 Å². The maximum Gasteiger partial charge on any atom is 0.226 e. The molecule has 1 heterocycles. The highest BCUT2D eigenvalue weighted by molar-refractivity contribution is 8.00. The van der Waals surface area contributed by atoms with Gasteiger partial charge >= 0.3 is 0 Å².